The first kappa shape index (κ1) is 13.5. The Bertz CT molecular complexity index is 529. The largest absolute Gasteiger partial charge is 0.354 e. The van der Waals surface area contributed by atoms with Crippen molar-refractivity contribution in [3.05, 3.63) is 35.4 Å². The minimum absolute atomic E-state index is 0.0305. The summed E-state index contributed by atoms with van der Waals surface area (Å²) >= 11 is 1.73. The summed E-state index contributed by atoms with van der Waals surface area (Å²) in [5, 5.41) is 9.01. The molecule has 3 N–H and O–H groups in total. The molecule has 2 unspecified atom stereocenters. The van der Waals surface area contributed by atoms with Gasteiger partial charge >= 0.3 is 0 Å². The molecule has 1 aromatic carbocycles. The van der Waals surface area contributed by atoms with Crippen LogP contribution in [0.5, 0.6) is 0 Å². The Morgan fingerprint density at radius 1 is 1.40 bits per heavy atom. The Morgan fingerprint density at radius 2 is 2.25 bits per heavy atom. The highest BCUT2D eigenvalue weighted by molar-refractivity contribution is 7.99. The Kier molecular flexibility index (Phi) is 3.93. The Hall–Kier alpha value is -1.53. The first-order valence-corrected chi connectivity index (χ1v) is 7.87. The molecule has 1 saturated heterocycles. The van der Waals surface area contributed by atoms with Crippen molar-refractivity contribution in [2.75, 3.05) is 24.7 Å². The number of benzene rings is 1. The van der Waals surface area contributed by atoms with Crippen LogP contribution in [0.4, 0.5) is 0 Å². The summed E-state index contributed by atoms with van der Waals surface area (Å²) < 4.78 is 0. The molecule has 1 fully saturated rings. The molecule has 2 atom stereocenters. The van der Waals surface area contributed by atoms with Crippen LogP contribution < -0.4 is 16.0 Å². The standard InChI is InChI=1S/C14H17N3O2S/c18-13-11-4-2-1-3-10(11)9(5-15-13)6-16-14(19)12-7-20-8-17-12/h1-4,9,12,17H,5-8H2,(H,15,18)(H,16,19). The van der Waals surface area contributed by atoms with Gasteiger partial charge in [0.05, 0.1) is 6.04 Å². The summed E-state index contributed by atoms with van der Waals surface area (Å²) in [5.41, 5.74) is 1.73. The van der Waals surface area contributed by atoms with Crippen LogP contribution in [0.1, 0.15) is 21.8 Å². The molecule has 2 aliphatic rings. The molecule has 0 aliphatic carbocycles. The van der Waals surface area contributed by atoms with Gasteiger partial charge in [0.2, 0.25) is 5.91 Å². The highest BCUT2D eigenvalue weighted by Crippen LogP contribution is 2.23. The van der Waals surface area contributed by atoms with Crippen LogP contribution in [0, 0.1) is 0 Å². The van der Waals surface area contributed by atoms with E-state index in [9.17, 15) is 9.59 Å². The number of nitrogens with one attached hydrogen (secondary N) is 3. The molecule has 5 nitrogen and oxygen atoms in total. The van der Waals surface area contributed by atoms with Gasteiger partial charge in [-0.3, -0.25) is 14.9 Å². The SMILES string of the molecule is O=C1NCC(CNC(=O)C2CSCN2)c2ccccc21. The lowest BCUT2D eigenvalue weighted by Crippen LogP contribution is -2.46. The quantitative estimate of drug-likeness (QED) is 0.749. The Labute approximate surface area is 121 Å². The zero-order valence-corrected chi connectivity index (χ0v) is 11.8. The summed E-state index contributed by atoms with van der Waals surface area (Å²) in [6, 6.07) is 7.50. The van der Waals surface area contributed by atoms with Crippen molar-refractivity contribution in [2.24, 2.45) is 0 Å². The van der Waals surface area contributed by atoms with Gasteiger partial charge in [-0.15, -0.1) is 11.8 Å². The van der Waals surface area contributed by atoms with Crippen molar-refractivity contribution >= 4 is 23.6 Å². The van der Waals surface area contributed by atoms with Crippen LogP contribution in [0.25, 0.3) is 0 Å². The molecule has 2 heterocycles. The highest BCUT2D eigenvalue weighted by Gasteiger charge is 2.27. The maximum Gasteiger partial charge on any atom is 0.251 e. The summed E-state index contributed by atoms with van der Waals surface area (Å²) in [5.74, 6) is 1.81. The van der Waals surface area contributed by atoms with E-state index in [2.05, 4.69) is 16.0 Å². The second kappa shape index (κ2) is 5.85. The molecular weight excluding hydrogens is 274 g/mol. The van der Waals surface area contributed by atoms with Gasteiger partial charge < -0.3 is 10.6 Å². The zero-order chi connectivity index (χ0) is 13.9. The van der Waals surface area contributed by atoms with E-state index in [1.807, 2.05) is 24.3 Å². The van der Waals surface area contributed by atoms with E-state index >= 15 is 0 Å². The minimum Gasteiger partial charge on any atom is -0.354 e. The predicted molar refractivity (Wildman–Crippen MR) is 78.8 cm³/mol. The van der Waals surface area contributed by atoms with E-state index < -0.39 is 0 Å². The van der Waals surface area contributed by atoms with Gasteiger partial charge in [0.25, 0.3) is 5.91 Å². The number of amides is 2. The lowest BCUT2D eigenvalue weighted by molar-refractivity contribution is -0.122. The monoisotopic (exact) mass is 291 g/mol. The molecule has 20 heavy (non-hydrogen) atoms. The number of hydrogen-bond donors (Lipinski definition) is 3. The average molecular weight is 291 g/mol. The van der Waals surface area contributed by atoms with Crippen LogP contribution >= 0.6 is 11.8 Å². The number of fused-ring (bicyclic) bond motifs is 1. The fourth-order valence-electron chi connectivity index (χ4n) is 2.57. The van der Waals surface area contributed by atoms with Crippen molar-refractivity contribution in [2.45, 2.75) is 12.0 Å². The molecule has 3 rings (SSSR count). The lowest BCUT2D eigenvalue weighted by Gasteiger charge is -2.26. The number of carbonyl (C=O) groups is 2. The fraction of sp³-hybridized carbons (Fsp3) is 0.429. The molecule has 0 spiro atoms. The van der Waals surface area contributed by atoms with Gasteiger partial charge in [-0.2, -0.15) is 0 Å². The number of rotatable bonds is 3. The molecule has 0 bridgehead atoms. The van der Waals surface area contributed by atoms with Crippen molar-refractivity contribution in [1.82, 2.24) is 16.0 Å². The Morgan fingerprint density at radius 3 is 3.05 bits per heavy atom. The van der Waals surface area contributed by atoms with Crippen molar-refractivity contribution < 1.29 is 9.59 Å². The van der Waals surface area contributed by atoms with Crippen molar-refractivity contribution in [3.63, 3.8) is 0 Å². The van der Waals surface area contributed by atoms with Gasteiger partial charge in [0.15, 0.2) is 0 Å². The van der Waals surface area contributed by atoms with E-state index in [0.29, 0.717) is 18.7 Å². The number of carbonyl (C=O) groups excluding carboxylic acids is 2. The van der Waals surface area contributed by atoms with E-state index in [0.717, 1.165) is 17.2 Å². The van der Waals surface area contributed by atoms with Gasteiger partial charge in [-0.05, 0) is 11.6 Å². The molecule has 0 radical (unpaired) electrons. The summed E-state index contributed by atoms with van der Waals surface area (Å²) in [7, 11) is 0. The first-order chi connectivity index (χ1) is 9.75. The normalized spacial score (nSPS) is 24.9. The number of thioether (sulfide) groups is 1. The topological polar surface area (TPSA) is 70.2 Å². The highest BCUT2D eigenvalue weighted by atomic mass is 32.2. The average Bonchev–Trinajstić information content (AvgIpc) is 3.01. The summed E-state index contributed by atoms with van der Waals surface area (Å²) in [4.78, 5) is 23.8. The maximum absolute atomic E-state index is 12.0. The van der Waals surface area contributed by atoms with Crippen LogP contribution in [0.15, 0.2) is 24.3 Å². The van der Waals surface area contributed by atoms with E-state index in [4.69, 9.17) is 0 Å². The molecular formula is C14H17N3O2S. The fourth-order valence-corrected chi connectivity index (χ4v) is 3.52. The zero-order valence-electron chi connectivity index (χ0n) is 11.0. The van der Waals surface area contributed by atoms with Crippen LogP contribution in [-0.4, -0.2) is 42.6 Å². The second-order valence-electron chi connectivity index (χ2n) is 5.01. The molecule has 1 aromatic rings. The minimum atomic E-state index is -0.0894. The third kappa shape index (κ3) is 2.66. The Balaban J connectivity index is 1.65. The van der Waals surface area contributed by atoms with Gasteiger partial charge in [0.1, 0.15) is 0 Å². The van der Waals surface area contributed by atoms with Crippen molar-refractivity contribution in [3.8, 4) is 0 Å². The molecule has 6 heteroatoms. The molecule has 2 aliphatic heterocycles. The maximum atomic E-state index is 12.0. The van der Waals surface area contributed by atoms with E-state index in [1.54, 1.807) is 11.8 Å². The van der Waals surface area contributed by atoms with Crippen LogP contribution in [-0.2, 0) is 4.79 Å². The molecule has 0 aromatic heterocycles. The molecule has 0 saturated carbocycles. The lowest BCUT2D eigenvalue weighted by atomic mass is 9.90. The molecule has 106 valence electrons. The second-order valence-corrected chi connectivity index (χ2v) is 6.04. The third-order valence-corrected chi connectivity index (χ3v) is 4.65. The van der Waals surface area contributed by atoms with Gasteiger partial charge in [-0.1, -0.05) is 18.2 Å². The van der Waals surface area contributed by atoms with E-state index in [-0.39, 0.29) is 23.8 Å². The number of hydrogen-bond acceptors (Lipinski definition) is 4. The van der Waals surface area contributed by atoms with Gasteiger partial charge in [-0.25, -0.2) is 0 Å². The first-order valence-electron chi connectivity index (χ1n) is 6.71. The molecule has 2 amide bonds. The summed E-state index contributed by atoms with van der Waals surface area (Å²) in [6.45, 7) is 1.13. The van der Waals surface area contributed by atoms with Crippen LogP contribution in [0.2, 0.25) is 0 Å². The van der Waals surface area contributed by atoms with Gasteiger partial charge in [0, 0.05) is 36.2 Å². The van der Waals surface area contributed by atoms with E-state index in [1.165, 1.54) is 0 Å². The third-order valence-electron chi connectivity index (χ3n) is 3.71. The predicted octanol–water partition coefficient (Wildman–Crippen LogP) is 0.292. The van der Waals surface area contributed by atoms with Crippen molar-refractivity contribution in [1.29, 1.82) is 0 Å². The van der Waals surface area contributed by atoms with Crippen LogP contribution in [0.3, 0.4) is 0 Å². The summed E-state index contributed by atoms with van der Waals surface area (Å²) in [6.07, 6.45) is 0. The smallest absolute Gasteiger partial charge is 0.251 e.